The Bertz CT molecular complexity index is 473. The highest BCUT2D eigenvalue weighted by atomic mass is 16.5. The molecule has 2 heterocycles. The zero-order valence-corrected chi connectivity index (χ0v) is 7.21. The monoisotopic (exact) mass is 194 g/mol. The second-order valence-corrected chi connectivity index (χ2v) is 2.66. The molecule has 0 spiro atoms. The van der Waals surface area contributed by atoms with Gasteiger partial charge in [-0.2, -0.15) is 0 Å². The van der Waals surface area contributed by atoms with E-state index in [-0.39, 0.29) is 11.5 Å². The van der Waals surface area contributed by atoms with Crippen molar-refractivity contribution in [3.05, 3.63) is 18.0 Å². The van der Waals surface area contributed by atoms with E-state index >= 15 is 0 Å². The maximum absolute atomic E-state index is 10.5. The van der Waals surface area contributed by atoms with E-state index in [0.717, 1.165) is 0 Å². The molecule has 2 aromatic rings. The fourth-order valence-corrected chi connectivity index (χ4v) is 0.957. The van der Waals surface area contributed by atoms with Gasteiger partial charge in [-0.15, -0.1) is 5.10 Å². The first-order valence-electron chi connectivity index (χ1n) is 3.73. The van der Waals surface area contributed by atoms with Gasteiger partial charge in [0, 0.05) is 13.1 Å². The van der Waals surface area contributed by atoms with Crippen LogP contribution in [0.5, 0.6) is 0 Å². The third-order valence-corrected chi connectivity index (χ3v) is 1.58. The molecule has 0 aromatic carbocycles. The van der Waals surface area contributed by atoms with Gasteiger partial charge in [-0.3, -0.25) is 4.68 Å². The van der Waals surface area contributed by atoms with Crippen LogP contribution in [0.3, 0.4) is 0 Å². The topological polar surface area (TPSA) is 94.0 Å². The van der Waals surface area contributed by atoms with Crippen molar-refractivity contribution in [2.45, 2.75) is 0 Å². The molecule has 0 aliphatic carbocycles. The molecule has 0 aliphatic heterocycles. The minimum absolute atomic E-state index is 0.148. The first-order valence-corrected chi connectivity index (χ1v) is 3.73. The van der Waals surface area contributed by atoms with Crippen molar-refractivity contribution in [2.24, 2.45) is 7.05 Å². The first-order chi connectivity index (χ1) is 6.66. The third-order valence-electron chi connectivity index (χ3n) is 1.58. The normalized spacial score (nSPS) is 10.4. The lowest BCUT2D eigenvalue weighted by Gasteiger charge is -1.81. The lowest BCUT2D eigenvalue weighted by molar-refractivity contribution is 0.0686. The summed E-state index contributed by atoms with van der Waals surface area (Å²) < 4.78 is 6.26. The van der Waals surface area contributed by atoms with E-state index in [1.807, 2.05) is 0 Å². The van der Waals surface area contributed by atoms with Gasteiger partial charge in [0.15, 0.2) is 17.1 Å². The molecule has 0 atom stereocenters. The molecule has 0 radical (unpaired) electrons. The summed E-state index contributed by atoms with van der Waals surface area (Å²) in [6.45, 7) is 0. The van der Waals surface area contributed by atoms with Crippen molar-refractivity contribution >= 4 is 5.97 Å². The van der Waals surface area contributed by atoms with E-state index in [0.29, 0.717) is 5.69 Å². The van der Waals surface area contributed by atoms with Crippen LogP contribution in [0.4, 0.5) is 0 Å². The molecule has 2 aromatic heterocycles. The smallest absolute Gasteiger partial charge is 0.358 e. The number of carbonyl (C=O) groups is 1. The molecule has 0 saturated carbocycles. The van der Waals surface area contributed by atoms with Gasteiger partial charge in [0.1, 0.15) is 0 Å². The second-order valence-electron chi connectivity index (χ2n) is 2.66. The maximum Gasteiger partial charge on any atom is 0.358 e. The molecule has 0 bridgehead atoms. The van der Waals surface area contributed by atoms with Gasteiger partial charge in [-0.1, -0.05) is 10.4 Å². The van der Waals surface area contributed by atoms with E-state index in [9.17, 15) is 4.79 Å². The Morgan fingerprint density at radius 2 is 2.43 bits per heavy atom. The highest BCUT2D eigenvalue weighted by molar-refractivity contribution is 5.86. The highest BCUT2D eigenvalue weighted by Crippen LogP contribution is 2.16. The van der Waals surface area contributed by atoms with Crippen LogP contribution in [0, 0.1) is 0 Å². The largest absolute Gasteiger partial charge is 0.476 e. The Labute approximate surface area is 77.9 Å². The number of hydrogen-bond acceptors (Lipinski definition) is 5. The second kappa shape index (κ2) is 2.95. The van der Waals surface area contributed by atoms with Gasteiger partial charge >= 0.3 is 5.97 Å². The number of carboxylic acids is 1. The Morgan fingerprint density at radius 1 is 1.64 bits per heavy atom. The molecule has 14 heavy (non-hydrogen) atoms. The fraction of sp³-hybridized carbons (Fsp3) is 0.143. The standard InChI is InChI=1S/C7H6N4O3/c1-11-3-5(8-10-11)6-2-4(7(12)13)9-14-6/h2-3H,1H3,(H,12,13). The van der Waals surface area contributed by atoms with Crippen molar-refractivity contribution in [1.29, 1.82) is 0 Å². The van der Waals surface area contributed by atoms with Crippen molar-refractivity contribution in [3.63, 3.8) is 0 Å². The Kier molecular flexibility index (Phi) is 1.77. The number of hydrogen-bond donors (Lipinski definition) is 1. The summed E-state index contributed by atoms with van der Waals surface area (Å²) in [4.78, 5) is 10.5. The number of rotatable bonds is 2. The minimum Gasteiger partial charge on any atom is -0.476 e. The minimum atomic E-state index is -1.14. The summed E-state index contributed by atoms with van der Waals surface area (Å²) in [5, 5.41) is 19.4. The van der Waals surface area contributed by atoms with Crippen LogP contribution < -0.4 is 0 Å². The number of carboxylic acid groups (broad SMARTS) is 1. The Balaban J connectivity index is 2.38. The average molecular weight is 194 g/mol. The first kappa shape index (κ1) is 8.42. The van der Waals surface area contributed by atoms with Crippen molar-refractivity contribution in [2.75, 3.05) is 0 Å². The van der Waals surface area contributed by atoms with Crippen molar-refractivity contribution in [1.82, 2.24) is 20.2 Å². The summed E-state index contributed by atoms with van der Waals surface area (Å²) in [7, 11) is 1.70. The van der Waals surface area contributed by atoms with Crippen LogP contribution in [-0.4, -0.2) is 31.2 Å². The number of aryl methyl sites for hydroxylation is 1. The molecular weight excluding hydrogens is 188 g/mol. The van der Waals surface area contributed by atoms with Gasteiger partial charge in [-0.25, -0.2) is 4.79 Å². The molecule has 0 saturated heterocycles. The summed E-state index contributed by atoms with van der Waals surface area (Å²) >= 11 is 0. The number of aromatic nitrogens is 4. The highest BCUT2D eigenvalue weighted by Gasteiger charge is 2.13. The number of aromatic carboxylic acids is 1. The van der Waals surface area contributed by atoms with Crippen LogP contribution >= 0.6 is 0 Å². The van der Waals surface area contributed by atoms with E-state index in [1.165, 1.54) is 10.7 Å². The molecule has 2 rings (SSSR count). The predicted molar refractivity (Wildman–Crippen MR) is 43.5 cm³/mol. The van der Waals surface area contributed by atoms with Crippen molar-refractivity contribution in [3.8, 4) is 11.5 Å². The average Bonchev–Trinajstić information content (AvgIpc) is 2.70. The van der Waals surface area contributed by atoms with Crippen molar-refractivity contribution < 1.29 is 14.4 Å². The molecule has 0 aliphatic rings. The maximum atomic E-state index is 10.5. The van der Waals surface area contributed by atoms with Gasteiger partial charge in [0.05, 0.1) is 6.20 Å². The molecule has 7 heteroatoms. The Hall–Kier alpha value is -2.18. The quantitative estimate of drug-likeness (QED) is 0.732. The SMILES string of the molecule is Cn1cc(-c2cc(C(=O)O)no2)nn1. The Morgan fingerprint density at radius 3 is 2.93 bits per heavy atom. The number of nitrogens with zero attached hydrogens (tertiary/aromatic N) is 4. The fourth-order valence-electron chi connectivity index (χ4n) is 0.957. The zero-order chi connectivity index (χ0) is 10.1. The van der Waals surface area contributed by atoms with Crippen LogP contribution in [-0.2, 0) is 7.05 Å². The summed E-state index contributed by atoms with van der Waals surface area (Å²) in [5.74, 6) is -0.848. The predicted octanol–water partition coefficient (Wildman–Crippen LogP) is 0.168. The molecular formula is C7H6N4O3. The van der Waals surface area contributed by atoms with E-state index in [1.54, 1.807) is 13.2 Å². The van der Waals surface area contributed by atoms with Gasteiger partial charge < -0.3 is 9.63 Å². The summed E-state index contributed by atoms with van der Waals surface area (Å²) in [6, 6.07) is 1.30. The summed E-state index contributed by atoms with van der Waals surface area (Å²) in [6.07, 6.45) is 1.60. The molecule has 7 nitrogen and oxygen atoms in total. The molecule has 1 N–H and O–H groups in total. The lowest BCUT2D eigenvalue weighted by atomic mass is 10.3. The lowest BCUT2D eigenvalue weighted by Crippen LogP contribution is -1.94. The van der Waals surface area contributed by atoms with Crippen LogP contribution in [0.1, 0.15) is 10.5 Å². The van der Waals surface area contributed by atoms with E-state index < -0.39 is 5.97 Å². The molecule has 0 unspecified atom stereocenters. The van der Waals surface area contributed by atoms with Gasteiger partial charge in [0.2, 0.25) is 0 Å². The van der Waals surface area contributed by atoms with Gasteiger partial charge in [-0.05, 0) is 0 Å². The molecule has 0 amide bonds. The van der Waals surface area contributed by atoms with E-state index in [4.69, 9.17) is 9.63 Å². The van der Waals surface area contributed by atoms with Crippen LogP contribution in [0.25, 0.3) is 11.5 Å². The van der Waals surface area contributed by atoms with Crippen LogP contribution in [0.15, 0.2) is 16.8 Å². The molecule has 0 fully saturated rings. The van der Waals surface area contributed by atoms with Crippen LogP contribution in [0.2, 0.25) is 0 Å². The third kappa shape index (κ3) is 1.35. The molecule has 72 valence electrons. The van der Waals surface area contributed by atoms with E-state index in [2.05, 4.69) is 15.5 Å². The summed E-state index contributed by atoms with van der Waals surface area (Å²) in [5.41, 5.74) is 0.304. The van der Waals surface area contributed by atoms with Gasteiger partial charge in [0.25, 0.3) is 0 Å². The zero-order valence-electron chi connectivity index (χ0n) is 7.21.